The van der Waals surface area contributed by atoms with Crippen molar-refractivity contribution in [2.24, 2.45) is 11.7 Å². The summed E-state index contributed by atoms with van der Waals surface area (Å²) in [7, 11) is 0. The van der Waals surface area contributed by atoms with Gasteiger partial charge >= 0.3 is 6.03 Å². The molecule has 1 saturated carbocycles. The van der Waals surface area contributed by atoms with Crippen LogP contribution >= 0.6 is 12.2 Å². The number of carbonyl (C=O) groups excluding carboxylic acids is 1. The second-order valence-electron chi connectivity index (χ2n) is 5.46. The van der Waals surface area contributed by atoms with Crippen molar-refractivity contribution in [1.82, 2.24) is 10.6 Å². The Labute approximate surface area is 119 Å². The Hall–Kier alpha value is -0.880. The van der Waals surface area contributed by atoms with E-state index < -0.39 is 0 Å². The number of carbonyl (C=O) groups is 1. The minimum atomic E-state index is -0.183. The fourth-order valence-corrected chi connectivity index (χ4v) is 3.16. The molecule has 0 spiro atoms. The Kier molecular flexibility index (Phi) is 5.39. The van der Waals surface area contributed by atoms with Crippen LogP contribution in [0.15, 0.2) is 0 Å². The summed E-state index contributed by atoms with van der Waals surface area (Å²) in [5, 5.41) is 5.85. The summed E-state index contributed by atoms with van der Waals surface area (Å²) in [5.74, 6) is 0.386. The lowest BCUT2D eigenvalue weighted by atomic mass is 9.84. The molecule has 0 radical (unpaired) electrons. The van der Waals surface area contributed by atoms with E-state index in [0.717, 1.165) is 19.3 Å². The molecule has 2 amide bonds. The first kappa shape index (κ1) is 14.5. The topological polar surface area (TPSA) is 76.4 Å². The lowest BCUT2D eigenvalue weighted by Crippen LogP contribution is -2.53. The van der Waals surface area contributed by atoms with Crippen molar-refractivity contribution in [3.05, 3.63) is 0 Å². The van der Waals surface area contributed by atoms with Gasteiger partial charge in [-0.15, -0.1) is 0 Å². The van der Waals surface area contributed by atoms with Gasteiger partial charge in [0, 0.05) is 6.61 Å². The Bertz CT molecular complexity index is 326. The highest BCUT2D eigenvalue weighted by molar-refractivity contribution is 7.80. The number of urea groups is 1. The fourth-order valence-electron chi connectivity index (χ4n) is 2.91. The molecule has 1 aliphatic carbocycles. The minimum absolute atomic E-state index is 0.110. The zero-order valence-electron chi connectivity index (χ0n) is 11.2. The van der Waals surface area contributed by atoms with Gasteiger partial charge in [-0.2, -0.15) is 0 Å². The number of ether oxygens (including phenoxy) is 1. The standard InChI is InChI=1S/C13H23N3O2S/c14-12(19)11(9-4-2-1-3-5-9)16-13(17)15-10-6-7-18-8-10/h9-11H,1-8H2,(H2,14,19)(H2,15,16,17). The van der Waals surface area contributed by atoms with E-state index in [4.69, 9.17) is 22.7 Å². The van der Waals surface area contributed by atoms with E-state index in [2.05, 4.69) is 10.6 Å². The maximum atomic E-state index is 12.0. The van der Waals surface area contributed by atoms with Gasteiger partial charge < -0.3 is 21.1 Å². The van der Waals surface area contributed by atoms with Crippen LogP contribution in [-0.4, -0.2) is 36.3 Å². The first-order valence-electron chi connectivity index (χ1n) is 7.11. The van der Waals surface area contributed by atoms with E-state index in [1.54, 1.807) is 0 Å². The van der Waals surface area contributed by atoms with Crippen molar-refractivity contribution in [2.45, 2.75) is 50.6 Å². The number of rotatable bonds is 4. The lowest BCUT2D eigenvalue weighted by Gasteiger charge is -2.30. The quantitative estimate of drug-likeness (QED) is 0.681. The van der Waals surface area contributed by atoms with Gasteiger partial charge in [0.05, 0.1) is 23.7 Å². The third kappa shape index (κ3) is 4.31. The molecule has 1 heterocycles. The maximum Gasteiger partial charge on any atom is 0.315 e. The van der Waals surface area contributed by atoms with Gasteiger partial charge in [-0.25, -0.2) is 4.79 Å². The summed E-state index contributed by atoms with van der Waals surface area (Å²) >= 11 is 5.11. The molecule has 1 aliphatic heterocycles. The molecule has 0 aromatic rings. The highest BCUT2D eigenvalue weighted by atomic mass is 32.1. The number of thiocarbonyl (C=S) groups is 1. The van der Waals surface area contributed by atoms with Gasteiger partial charge in [-0.3, -0.25) is 0 Å². The Morgan fingerprint density at radius 1 is 1.26 bits per heavy atom. The SMILES string of the molecule is NC(=S)C(NC(=O)NC1CCOC1)C1CCCCC1. The first-order chi connectivity index (χ1) is 9.16. The second kappa shape index (κ2) is 7.05. The number of hydrogen-bond donors (Lipinski definition) is 3. The van der Waals surface area contributed by atoms with Gasteiger partial charge in [0.2, 0.25) is 0 Å². The summed E-state index contributed by atoms with van der Waals surface area (Å²) in [4.78, 5) is 12.4. The van der Waals surface area contributed by atoms with Crippen LogP contribution in [0.5, 0.6) is 0 Å². The van der Waals surface area contributed by atoms with Crippen molar-refractivity contribution >= 4 is 23.2 Å². The van der Waals surface area contributed by atoms with Crippen LogP contribution in [0.2, 0.25) is 0 Å². The van der Waals surface area contributed by atoms with Crippen molar-refractivity contribution in [3.63, 3.8) is 0 Å². The Morgan fingerprint density at radius 3 is 2.58 bits per heavy atom. The number of nitrogens with one attached hydrogen (secondary N) is 2. The van der Waals surface area contributed by atoms with Gasteiger partial charge in [0.15, 0.2) is 0 Å². The molecule has 108 valence electrons. The molecule has 5 nitrogen and oxygen atoms in total. The number of amides is 2. The van der Waals surface area contributed by atoms with Crippen LogP contribution in [0.1, 0.15) is 38.5 Å². The van der Waals surface area contributed by atoms with Gasteiger partial charge in [-0.1, -0.05) is 31.5 Å². The Morgan fingerprint density at radius 2 is 2.00 bits per heavy atom. The summed E-state index contributed by atoms with van der Waals surface area (Å²) in [6.07, 6.45) is 6.72. The number of nitrogens with two attached hydrogens (primary N) is 1. The molecule has 19 heavy (non-hydrogen) atoms. The fraction of sp³-hybridized carbons (Fsp3) is 0.846. The normalized spacial score (nSPS) is 25.8. The third-order valence-electron chi connectivity index (χ3n) is 3.98. The van der Waals surface area contributed by atoms with E-state index in [1.807, 2.05) is 0 Å². The predicted octanol–water partition coefficient (Wildman–Crippen LogP) is 1.31. The third-order valence-corrected chi connectivity index (χ3v) is 4.23. The van der Waals surface area contributed by atoms with Crippen LogP contribution in [-0.2, 0) is 4.74 Å². The molecule has 2 rings (SSSR count). The van der Waals surface area contributed by atoms with Gasteiger partial charge in [0.1, 0.15) is 0 Å². The summed E-state index contributed by atoms with van der Waals surface area (Å²) in [5.41, 5.74) is 5.79. The summed E-state index contributed by atoms with van der Waals surface area (Å²) < 4.78 is 5.23. The molecule has 1 saturated heterocycles. The first-order valence-corrected chi connectivity index (χ1v) is 7.51. The molecule has 2 aliphatic rings. The van der Waals surface area contributed by atoms with Crippen LogP contribution in [0.3, 0.4) is 0 Å². The largest absolute Gasteiger partial charge is 0.392 e. The maximum absolute atomic E-state index is 12.0. The van der Waals surface area contributed by atoms with Crippen LogP contribution in [0.4, 0.5) is 4.79 Å². The minimum Gasteiger partial charge on any atom is -0.392 e. The second-order valence-corrected chi connectivity index (χ2v) is 5.93. The average molecular weight is 285 g/mol. The average Bonchev–Trinajstić information content (AvgIpc) is 2.89. The molecule has 2 unspecified atom stereocenters. The van der Waals surface area contributed by atoms with Crippen LogP contribution < -0.4 is 16.4 Å². The van der Waals surface area contributed by atoms with Gasteiger partial charge in [-0.05, 0) is 25.2 Å². The predicted molar refractivity (Wildman–Crippen MR) is 78.0 cm³/mol. The highest BCUT2D eigenvalue weighted by Gasteiger charge is 2.28. The number of hydrogen-bond acceptors (Lipinski definition) is 3. The molecule has 6 heteroatoms. The van der Waals surface area contributed by atoms with Crippen LogP contribution in [0.25, 0.3) is 0 Å². The molecular formula is C13H23N3O2S. The zero-order valence-corrected chi connectivity index (χ0v) is 12.0. The van der Waals surface area contributed by atoms with E-state index in [-0.39, 0.29) is 18.1 Å². The van der Waals surface area contributed by atoms with E-state index in [9.17, 15) is 4.79 Å². The summed E-state index contributed by atoms with van der Waals surface area (Å²) in [6, 6.07) is -0.255. The molecule has 2 fully saturated rings. The smallest absolute Gasteiger partial charge is 0.315 e. The highest BCUT2D eigenvalue weighted by Crippen LogP contribution is 2.26. The van der Waals surface area contributed by atoms with Crippen LogP contribution in [0, 0.1) is 5.92 Å². The van der Waals surface area contributed by atoms with Gasteiger partial charge in [0.25, 0.3) is 0 Å². The van der Waals surface area contributed by atoms with Crippen molar-refractivity contribution in [3.8, 4) is 0 Å². The summed E-state index contributed by atoms with van der Waals surface area (Å²) in [6.45, 7) is 1.31. The van der Waals surface area contributed by atoms with E-state index >= 15 is 0 Å². The molecule has 0 bridgehead atoms. The van der Waals surface area contributed by atoms with Crippen molar-refractivity contribution in [1.29, 1.82) is 0 Å². The molecule has 0 aromatic heterocycles. The molecular weight excluding hydrogens is 262 g/mol. The van der Waals surface area contributed by atoms with Crippen molar-refractivity contribution in [2.75, 3.05) is 13.2 Å². The molecule has 0 aromatic carbocycles. The van der Waals surface area contributed by atoms with E-state index in [1.165, 1.54) is 19.3 Å². The lowest BCUT2D eigenvalue weighted by molar-refractivity contribution is 0.187. The van der Waals surface area contributed by atoms with E-state index in [0.29, 0.717) is 24.1 Å². The monoisotopic (exact) mass is 285 g/mol. The molecule has 4 N–H and O–H groups in total. The van der Waals surface area contributed by atoms with Crippen molar-refractivity contribution < 1.29 is 9.53 Å². The Balaban J connectivity index is 1.84. The zero-order chi connectivity index (χ0) is 13.7. The molecule has 2 atom stereocenters.